The summed E-state index contributed by atoms with van der Waals surface area (Å²) in [5.41, 5.74) is 3.54. The van der Waals surface area contributed by atoms with Gasteiger partial charge in [0.2, 0.25) is 0 Å². The molecule has 1 aromatic heterocycles. The van der Waals surface area contributed by atoms with Crippen molar-refractivity contribution in [2.45, 2.75) is 19.1 Å². The van der Waals surface area contributed by atoms with E-state index in [1.54, 1.807) is 19.6 Å². The van der Waals surface area contributed by atoms with E-state index in [1.165, 1.54) is 11.1 Å². The maximum atomic E-state index is 5.98. The second-order valence-electron chi connectivity index (χ2n) is 6.46. The van der Waals surface area contributed by atoms with Crippen LogP contribution < -0.4 is 15.4 Å². The zero-order chi connectivity index (χ0) is 18.5. The standard InChI is InChI=1S/C21H23N5O/c1-22-21(25-14-18-12-16-6-3-5-9-20(16)27-18)24-13-17-7-2-4-8-19(17)26-11-10-23-15-26/h2-11,15,18H,12-14H2,1H3,(H2,22,24,25). The average molecular weight is 361 g/mol. The van der Waals surface area contributed by atoms with Crippen molar-refractivity contribution in [3.63, 3.8) is 0 Å². The van der Waals surface area contributed by atoms with Gasteiger partial charge in [0.05, 0.1) is 18.6 Å². The Labute approximate surface area is 158 Å². The summed E-state index contributed by atoms with van der Waals surface area (Å²) in [6.07, 6.45) is 6.58. The predicted octanol–water partition coefficient (Wildman–Crippen LogP) is 2.54. The van der Waals surface area contributed by atoms with E-state index >= 15 is 0 Å². The van der Waals surface area contributed by atoms with Gasteiger partial charge in [-0.2, -0.15) is 0 Å². The van der Waals surface area contributed by atoms with Crippen LogP contribution in [0.4, 0.5) is 0 Å². The van der Waals surface area contributed by atoms with Crippen molar-refractivity contribution in [3.8, 4) is 11.4 Å². The van der Waals surface area contributed by atoms with E-state index in [0.717, 1.165) is 23.8 Å². The average Bonchev–Trinajstić information content (AvgIpc) is 3.38. The molecule has 2 N–H and O–H groups in total. The highest BCUT2D eigenvalue weighted by molar-refractivity contribution is 5.79. The first-order valence-corrected chi connectivity index (χ1v) is 9.09. The van der Waals surface area contributed by atoms with Gasteiger partial charge in [-0.25, -0.2) is 4.98 Å². The number of aromatic nitrogens is 2. The van der Waals surface area contributed by atoms with Gasteiger partial charge < -0.3 is 19.9 Å². The van der Waals surface area contributed by atoms with E-state index in [1.807, 2.05) is 35.0 Å². The van der Waals surface area contributed by atoms with Crippen molar-refractivity contribution in [1.82, 2.24) is 20.2 Å². The Hall–Kier alpha value is -3.28. The van der Waals surface area contributed by atoms with E-state index in [4.69, 9.17) is 4.74 Å². The van der Waals surface area contributed by atoms with Crippen LogP contribution in [0.15, 0.2) is 72.2 Å². The highest BCUT2D eigenvalue weighted by Gasteiger charge is 2.22. The van der Waals surface area contributed by atoms with Gasteiger partial charge in [0.1, 0.15) is 11.9 Å². The highest BCUT2D eigenvalue weighted by Crippen LogP contribution is 2.27. The molecule has 1 atom stereocenters. The zero-order valence-corrected chi connectivity index (χ0v) is 15.3. The lowest BCUT2D eigenvalue weighted by atomic mass is 10.1. The van der Waals surface area contributed by atoms with Gasteiger partial charge in [0.15, 0.2) is 5.96 Å². The maximum absolute atomic E-state index is 5.98. The summed E-state index contributed by atoms with van der Waals surface area (Å²) in [5, 5.41) is 6.75. The van der Waals surface area contributed by atoms with Crippen molar-refractivity contribution in [1.29, 1.82) is 0 Å². The first kappa shape index (κ1) is 17.1. The lowest BCUT2D eigenvalue weighted by Crippen LogP contribution is -2.42. The van der Waals surface area contributed by atoms with Crippen molar-refractivity contribution in [2.75, 3.05) is 13.6 Å². The molecule has 4 rings (SSSR count). The zero-order valence-electron chi connectivity index (χ0n) is 15.3. The summed E-state index contributed by atoms with van der Waals surface area (Å²) in [7, 11) is 1.78. The fraction of sp³-hybridized carbons (Fsp3) is 0.238. The summed E-state index contributed by atoms with van der Waals surface area (Å²) in [6, 6.07) is 16.5. The molecule has 0 saturated carbocycles. The Morgan fingerprint density at radius 3 is 2.85 bits per heavy atom. The minimum Gasteiger partial charge on any atom is -0.488 e. The molecule has 6 nitrogen and oxygen atoms in total. The third-order valence-electron chi connectivity index (χ3n) is 4.66. The van der Waals surface area contributed by atoms with Crippen LogP contribution in [-0.2, 0) is 13.0 Å². The maximum Gasteiger partial charge on any atom is 0.191 e. The number of guanidine groups is 1. The fourth-order valence-corrected chi connectivity index (χ4v) is 3.29. The minimum absolute atomic E-state index is 0.124. The number of benzene rings is 2. The van der Waals surface area contributed by atoms with Gasteiger partial charge in [0, 0.05) is 32.4 Å². The van der Waals surface area contributed by atoms with Gasteiger partial charge in [-0.3, -0.25) is 4.99 Å². The van der Waals surface area contributed by atoms with E-state index in [9.17, 15) is 0 Å². The molecule has 2 aromatic carbocycles. The number of rotatable bonds is 5. The molecule has 1 unspecified atom stereocenters. The number of fused-ring (bicyclic) bond motifs is 1. The second kappa shape index (κ2) is 7.95. The van der Waals surface area contributed by atoms with Crippen LogP contribution in [0.1, 0.15) is 11.1 Å². The fourth-order valence-electron chi connectivity index (χ4n) is 3.29. The molecule has 138 valence electrons. The lowest BCUT2D eigenvalue weighted by molar-refractivity contribution is 0.235. The largest absolute Gasteiger partial charge is 0.488 e. The molecule has 0 fully saturated rings. The molecule has 27 heavy (non-hydrogen) atoms. The molecule has 0 spiro atoms. The quantitative estimate of drug-likeness (QED) is 0.542. The molecular formula is C21H23N5O. The molecule has 1 aliphatic heterocycles. The molecule has 0 bridgehead atoms. The van der Waals surface area contributed by atoms with Gasteiger partial charge in [0.25, 0.3) is 0 Å². The molecule has 0 amide bonds. The number of aliphatic imine (C=N–C) groups is 1. The van der Waals surface area contributed by atoms with Crippen molar-refractivity contribution in [3.05, 3.63) is 78.4 Å². The van der Waals surface area contributed by atoms with Crippen molar-refractivity contribution < 1.29 is 4.74 Å². The predicted molar refractivity (Wildman–Crippen MR) is 106 cm³/mol. The first-order chi connectivity index (χ1) is 13.3. The monoisotopic (exact) mass is 361 g/mol. The van der Waals surface area contributed by atoms with Crippen LogP contribution in [0.2, 0.25) is 0 Å². The van der Waals surface area contributed by atoms with Gasteiger partial charge in [-0.05, 0) is 23.3 Å². The number of hydrogen-bond donors (Lipinski definition) is 2. The minimum atomic E-state index is 0.124. The summed E-state index contributed by atoms with van der Waals surface area (Å²) in [5.74, 6) is 1.75. The number of nitrogens with zero attached hydrogens (tertiary/aromatic N) is 3. The second-order valence-corrected chi connectivity index (χ2v) is 6.46. The topological polar surface area (TPSA) is 63.5 Å². The van der Waals surface area contributed by atoms with Crippen molar-refractivity contribution in [2.24, 2.45) is 4.99 Å². The highest BCUT2D eigenvalue weighted by atomic mass is 16.5. The Morgan fingerprint density at radius 1 is 1.19 bits per heavy atom. The lowest BCUT2D eigenvalue weighted by Gasteiger charge is -2.17. The number of imidazole rings is 1. The van der Waals surface area contributed by atoms with Crippen LogP contribution in [0, 0.1) is 0 Å². The number of hydrogen-bond acceptors (Lipinski definition) is 3. The van der Waals surface area contributed by atoms with Gasteiger partial charge in [-0.15, -0.1) is 0 Å². The van der Waals surface area contributed by atoms with E-state index in [0.29, 0.717) is 13.1 Å². The molecular weight excluding hydrogens is 338 g/mol. The molecule has 0 radical (unpaired) electrons. The number of nitrogens with one attached hydrogen (secondary N) is 2. The van der Waals surface area contributed by atoms with Crippen LogP contribution >= 0.6 is 0 Å². The van der Waals surface area contributed by atoms with Crippen LogP contribution in [0.3, 0.4) is 0 Å². The van der Waals surface area contributed by atoms with Crippen LogP contribution in [0.25, 0.3) is 5.69 Å². The van der Waals surface area contributed by atoms with E-state index in [2.05, 4.69) is 44.9 Å². The smallest absolute Gasteiger partial charge is 0.191 e. The Bertz CT molecular complexity index is 895. The van der Waals surface area contributed by atoms with E-state index < -0.39 is 0 Å². The summed E-state index contributed by atoms with van der Waals surface area (Å²) in [6.45, 7) is 1.37. The summed E-state index contributed by atoms with van der Waals surface area (Å²) in [4.78, 5) is 8.46. The third-order valence-corrected chi connectivity index (χ3v) is 4.66. The van der Waals surface area contributed by atoms with E-state index in [-0.39, 0.29) is 6.10 Å². The van der Waals surface area contributed by atoms with Crippen LogP contribution in [-0.4, -0.2) is 35.2 Å². The first-order valence-electron chi connectivity index (χ1n) is 9.09. The Balaban J connectivity index is 1.33. The Kier molecular flexibility index (Phi) is 5.05. The normalized spacial score (nSPS) is 15.9. The Morgan fingerprint density at radius 2 is 2.04 bits per heavy atom. The van der Waals surface area contributed by atoms with Crippen molar-refractivity contribution >= 4 is 5.96 Å². The number of ether oxygens (including phenoxy) is 1. The molecule has 2 heterocycles. The summed E-state index contributed by atoms with van der Waals surface area (Å²) < 4.78 is 7.99. The molecule has 3 aromatic rings. The summed E-state index contributed by atoms with van der Waals surface area (Å²) >= 11 is 0. The molecule has 6 heteroatoms. The molecule has 1 aliphatic rings. The third kappa shape index (κ3) is 3.95. The van der Waals surface area contributed by atoms with Gasteiger partial charge >= 0.3 is 0 Å². The van der Waals surface area contributed by atoms with Gasteiger partial charge in [-0.1, -0.05) is 36.4 Å². The SMILES string of the molecule is CN=C(NCc1ccccc1-n1ccnc1)NCC1Cc2ccccc2O1. The number of para-hydroxylation sites is 2. The molecule has 0 aliphatic carbocycles. The van der Waals surface area contributed by atoms with Crippen LogP contribution in [0.5, 0.6) is 5.75 Å². The molecule has 0 saturated heterocycles.